The van der Waals surface area contributed by atoms with E-state index in [-0.39, 0.29) is 42.4 Å². The minimum absolute atomic E-state index is 0.0689. The number of nitrogens with one attached hydrogen (secondary N) is 1. The summed E-state index contributed by atoms with van der Waals surface area (Å²) in [6.45, 7) is 1.82. The molecule has 3 atom stereocenters. The number of aliphatic hydroxyl groups is 1. The number of hydrogen-bond donors (Lipinski definition) is 2. The first-order valence-electron chi connectivity index (χ1n) is 10.7. The van der Waals surface area contributed by atoms with E-state index >= 15 is 0 Å². The molecule has 2 N–H and O–H groups in total. The van der Waals surface area contributed by atoms with Crippen molar-refractivity contribution in [2.75, 3.05) is 13.2 Å². The van der Waals surface area contributed by atoms with Gasteiger partial charge in [0.25, 0.3) is 0 Å². The number of rotatable bonds is 8. The SMILES string of the molecule is CCOC(=O)C1=C(NCC(O)(Cn2cncn2)c2ccc(F)cc2F)SC2CCCCC12. The third-order valence-electron chi connectivity index (χ3n) is 5.95. The average molecular weight is 465 g/mol. The summed E-state index contributed by atoms with van der Waals surface area (Å²) >= 11 is 1.58. The summed E-state index contributed by atoms with van der Waals surface area (Å²) in [4.78, 5) is 16.6. The normalized spacial score (nSPS) is 22.4. The second-order valence-corrected chi connectivity index (χ2v) is 9.36. The first-order valence-corrected chi connectivity index (χ1v) is 11.6. The Kier molecular flexibility index (Phi) is 6.80. The molecule has 0 radical (unpaired) electrons. The van der Waals surface area contributed by atoms with Crippen LogP contribution in [0.5, 0.6) is 0 Å². The summed E-state index contributed by atoms with van der Waals surface area (Å²) < 4.78 is 34.8. The van der Waals surface area contributed by atoms with Crippen LogP contribution >= 0.6 is 11.8 Å². The molecule has 2 aliphatic rings. The monoisotopic (exact) mass is 464 g/mol. The second-order valence-electron chi connectivity index (χ2n) is 8.11. The lowest BCUT2D eigenvalue weighted by Crippen LogP contribution is -2.42. The molecule has 0 saturated heterocycles. The highest BCUT2D eigenvalue weighted by Crippen LogP contribution is 2.48. The molecule has 0 bridgehead atoms. The van der Waals surface area contributed by atoms with Gasteiger partial charge in [-0.15, -0.1) is 11.8 Å². The molecule has 1 saturated carbocycles. The van der Waals surface area contributed by atoms with Crippen LogP contribution in [0.3, 0.4) is 0 Å². The van der Waals surface area contributed by atoms with Crippen molar-refractivity contribution in [2.45, 2.75) is 50.0 Å². The maximum atomic E-state index is 14.7. The number of carbonyl (C=O) groups is 1. The Bertz CT molecular complexity index is 1000. The number of halogens is 2. The first kappa shape index (κ1) is 22.7. The molecule has 1 fully saturated rings. The summed E-state index contributed by atoms with van der Waals surface area (Å²) in [5.74, 6) is -1.85. The van der Waals surface area contributed by atoms with E-state index in [0.717, 1.165) is 37.8 Å². The maximum Gasteiger partial charge on any atom is 0.336 e. The summed E-state index contributed by atoms with van der Waals surface area (Å²) in [5.41, 5.74) is -1.24. The fraction of sp³-hybridized carbons (Fsp3) is 0.500. The zero-order valence-corrected chi connectivity index (χ0v) is 18.6. The number of nitrogens with zero attached hydrogens (tertiary/aromatic N) is 3. The Labute approximate surface area is 189 Å². The molecule has 1 aromatic carbocycles. The van der Waals surface area contributed by atoms with Crippen molar-refractivity contribution in [3.05, 3.63) is 58.7 Å². The van der Waals surface area contributed by atoms with Gasteiger partial charge in [-0.1, -0.05) is 18.9 Å². The molecule has 32 heavy (non-hydrogen) atoms. The molecule has 2 aromatic rings. The van der Waals surface area contributed by atoms with Crippen molar-refractivity contribution in [3.8, 4) is 0 Å². The minimum atomic E-state index is -1.77. The highest BCUT2D eigenvalue weighted by molar-refractivity contribution is 8.04. The number of thioether (sulfide) groups is 1. The molecule has 0 amide bonds. The smallest absolute Gasteiger partial charge is 0.336 e. The van der Waals surface area contributed by atoms with E-state index in [2.05, 4.69) is 15.4 Å². The zero-order chi connectivity index (χ0) is 22.7. The Morgan fingerprint density at radius 3 is 2.91 bits per heavy atom. The fourth-order valence-corrected chi connectivity index (χ4v) is 5.99. The summed E-state index contributed by atoms with van der Waals surface area (Å²) in [5, 5.41) is 19.6. The van der Waals surface area contributed by atoms with Gasteiger partial charge in [0.05, 0.1) is 30.3 Å². The van der Waals surface area contributed by atoms with Crippen LogP contribution in [0.15, 0.2) is 41.5 Å². The van der Waals surface area contributed by atoms with Crippen LogP contribution < -0.4 is 5.32 Å². The molecular formula is C22H26F2N4O3S. The molecule has 172 valence electrons. The van der Waals surface area contributed by atoms with Gasteiger partial charge >= 0.3 is 5.97 Å². The Morgan fingerprint density at radius 1 is 1.38 bits per heavy atom. The second kappa shape index (κ2) is 9.58. The van der Waals surface area contributed by atoms with Crippen LogP contribution in [-0.2, 0) is 21.7 Å². The predicted molar refractivity (Wildman–Crippen MR) is 115 cm³/mol. The van der Waals surface area contributed by atoms with E-state index in [0.29, 0.717) is 10.6 Å². The molecule has 3 unspecified atom stereocenters. The number of esters is 1. The Balaban J connectivity index is 1.64. The molecule has 1 aliphatic heterocycles. The van der Waals surface area contributed by atoms with E-state index in [1.807, 2.05) is 0 Å². The van der Waals surface area contributed by atoms with Crippen LogP contribution in [0.4, 0.5) is 8.78 Å². The Morgan fingerprint density at radius 2 is 2.19 bits per heavy atom. The molecule has 1 aliphatic carbocycles. The first-order chi connectivity index (χ1) is 15.4. The van der Waals surface area contributed by atoms with Gasteiger partial charge in [-0.3, -0.25) is 0 Å². The number of aromatic nitrogens is 3. The summed E-state index contributed by atoms with van der Waals surface area (Å²) in [6, 6.07) is 3.07. The van der Waals surface area contributed by atoms with Crippen molar-refractivity contribution in [2.24, 2.45) is 5.92 Å². The lowest BCUT2D eigenvalue weighted by Gasteiger charge is -2.30. The Hall–Kier alpha value is -2.46. The van der Waals surface area contributed by atoms with E-state index in [4.69, 9.17) is 4.74 Å². The van der Waals surface area contributed by atoms with Gasteiger partial charge in [0.1, 0.15) is 29.9 Å². The van der Waals surface area contributed by atoms with Crippen LogP contribution in [0.2, 0.25) is 0 Å². The van der Waals surface area contributed by atoms with Gasteiger partial charge in [0.2, 0.25) is 0 Å². The third-order valence-corrected chi connectivity index (χ3v) is 7.41. The number of carbonyl (C=O) groups excluding carboxylic acids is 1. The molecular weight excluding hydrogens is 438 g/mol. The average Bonchev–Trinajstić information content (AvgIpc) is 3.39. The third kappa shape index (κ3) is 4.66. The van der Waals surface area contributed by atoms with Gasteiger partial charge in [-0.2, -0.15) is 5.10 Å². The van der Waals surface area contributed by atoms with Gasteiger partial charge in [-0.25, -0.2) is 23.2 Å². The van der Waals surface area contributed by atoms with E-state index in [1.165, 1.54) is 23.4 Å². The van der Waals surface area contributed by atoms with Crippen LogP contribution in [-0.4, -0.2) is 44.2 Å². The standard InChI is InChI=1S/C22H26F2N4O3S/c1-2-31-21(29)19-15-5-3-4-6-18(15)32-20(19)26-10-22(30,11-28-13-25-12-27-28)16-8-7-14(23)9-17(16)24/h7-9,12-13,15,18,26,30H,2-6,10-11H2,1H3. The van der Waals surface area contributed by atoms with Crippen molar-refractivity contribution >= 4 is 17.7 Å². The predicted octanol–water partition coefficient (Wildman–Crippen LogP) is 3.11. The molecule has 10 heteroatoms. The molecule has 7 nitrogen and oxygen atoms in total. The van der Waals surface area contributed by atoms with Crippen LogP contribution in [0.1, 0.15) is 38.2 Å². The molecule has 2 heterocycles. The number of fused-ring (bicyclic) bond motifs is 1. The summed E-state index contributed by atoms with van der Waals surface area (Å²) in [6.07, 6.45) is 6.79. The topological polar surface area (TPSA) is 89.3 Å². The lowest BCUT2D eigenvalue weighted by molar-refractivity contribution is -0.139. The fourth-order valence-electron chi connectivity index (χ4n) is 4.45. The van der Waals surface area contributed by atoms with Crippen LogP contribution in [0.25, 0.3) is 0 Å². The van der Waals surface area contributed by atoms with Gasteiger partial charge < -0.3 is 15.2 Å². The number of ether oxygens (including phenoxy) is 1. The minimum Gasteiger partial charge on any atom is -0.463 e. The maximum absolute atomic E-state index is 14.7. The number of benzene rings is 1. The van der Waals surface area contributed by atoms with Crippen molar-refractivity contribution < 1.29 is 23.4 Å². The zero-order valence-electron chi connectivity index (χ0n) is 17.8. The summed E-state index contributed by atoms with van der Waals surface area (Å²) in [7, 11) is 0. The largest absolute Gasteiger partial charge is 0.463 e. The lowest BCUT2D eigenvalue weighted by atomic mass is 9.83. The van der Waals surface area contributed by atoms with Crippen molar-refractivity contribution in [3.63, 3.8) is 0 Å². The molecule has 1 aromatic heterocycles. The van der Waals surface area contributed by atoms with E-state index in [1.54, 1.807) is 18.7 Å². The molecule has 4 rings (SSSR count). The van der Waals surface area contributed by atoms with Gasteiger partial charge in [-0.05, 0) is 25.8 Å². The van der Waals surface area contributed by atoms with E-state index in [9.17, 15) is 18.7 Å². The molecule has 0 spiro atoms. The van der Waals surface area contributed by atoms with Gasteiger partial charge in [0, 0.05) is 22.8 Å². The number of hydrogen-bond acceptors (Lipinski definition) is 7. The quantitative estimate of drug-likeness (QED) is 0.580. The highest BCUT2D eigenvalue weighted by atomic mass is 32.2. The van der Waals surface area contributed by atoms with Crippen LogP contribution in [0, 0.1) is 17.6 Å². The van der Waals surface area contributed by atoms with Gasteiger partial charge in [0.15, 0.2) is 0 Å². The van der Waals surface area contributed by atoms with Crippen molar-refractivity contribution in [1.29, 1.82) is 0 Å². The highest BCUT2D eigenvalue weighted by Gasteiger charge is 2.42. The van der Waals surface area contributed by atoms with E-state index < -0.39 is 17.2 Å². The van der Waals surface area contributed by atoms with Crippen molar-refractivity contribution in [1.82, 2.24) is 20.1 Å².